The average molecular weight is 356 g/mol. The summed E-state index contributed by atoms with van der Waals surface area (Å²) >= 11 is 0. The molecule has 1 amide bonds. The average Bonchev–Trinajstić information content (AvgIpc) is 3.13. The zero-order valence-electron chi connectivity index (χ0n) is 15.5. The maximum Gasteiger partial charge on any atom is 0.220 e. The first-order valence-electron chi connectivity index (χ1n) is 9.30. The molecule has 2 aromatic rings. The van der Waals surface area contributed by atoms with Crippen LogP contribution in [0.25, 0.3) is 0 Å². The number of methoxy groups -OCH3 is 1. The van der Waals surface area contributed by atoms with Crippen LogP contribution >= 0.6 is 0 Å². The Morgan fingerprint density at radius 3 is 2.88 bits per heavy atom. The van der Waals surface area contributed by atoms with E-state index < -0.39 is 0 Å². The molecule has 1 fully saturated rings. The van der Waals surface area contributed by atoms with Gasteiger partial charge in [0.15, 0.2) is 0 Å². The van der Waals surface area contributed by atoms with E-state index in [1.165, 1.54) is 5.56 Å². The number of aryl methyl sites for hydroxylation is 1. The first kappa shape index (κ1) is 18.6. The molecule has 2 N–H and O–H groups in total. The third-order valence-electron chi connectivity index (χ3n) is 4.88. The largest absolute Gasteiger partial charge is 0.383 e. The van der Waals surface area contributed by atoms with Crippen molar-refractivity contribution in [2.75, 3.05) is 13.7 Å². The van der Waals surface area contributed by atoms with Gasteiger partial charge in [0.05, 0.1) is 18.8 Å². The van der Waals surface area contributed by atoms with E-state index in [0.717, 1.165) is 24.9 Å². The lowest BCUT2D eigenvalue weighted by Gasteiger charge is -2.35. The van der Waals surface area contributed by atoms with Crippen LogP contribution in [0.1, 0.15) is 36.9 Å². The van der Waals surface area contributed by atoms with Crippen molar-refractivity contribution in [3.05, 3.63) is 53.9 Å². The van der Waals surface area contributed by atoms with Gasteiger partial charge in [0.1, 0.15) is 0 Å². The van der Waals surface area contributed by atoms with Gasteiger partial charge in [0.25, 0.3) is 0 Å². The second-order valence-corrected chi connectivity index (χ2v) is 6.83. The predicted octanol–water partition coefficient (Wildman–Crippen LogP) is 2.07. The van der Waals surface area contributed by atoms with Gasteiger partial charge in [-0.15, -0.1) is 0 Å². The van der Waals surface area contributed by atoms with E-state index in [2.05, 4.69) is 46.9 Å². The first-order chi connectivity index (χ1) is 12.7. The van der Waals surface area contributed by atoms with Crippen LogP contribution in [0.2, 0.25) is 0 Å². The van der Waals surface area contributed by atoms with E-state index in [1.54, 1.807) is 7.11 Å². The molecule has 1 aliphatic rings. The van der Waals surface area contributed by atoms with Crippen LogP contribution in [0.5, 0.6) is 0 Å². The number of benzene rings is 1. The number of hydrogen-bond donors (Lipinski definition) is 2. The van der Waals surface area contributed by atoms with E-state index in [9.17, 15) is 4.79 Å². The van der Waals surface area contributed by atoms with E-state index in [-0.39, 0.29) is 24.0 Å². The van der Waals surface area contributed by atoms with Crippen LogP contribution in [-0.4, -0.2) is 41.5 Å². The molecule has 3 atom stereocenters. The second-order valence-electron chi connectivity index (χ2n) is 6.83. The van der Waals surface area contributed by atoms with Crippen molar-refractivity contribution in [3.8, 4) is 0 Å². The summed E-state index contributed by atoms with van der Waals surface area (Å²) in [6.45, 7) is 3.50. The van der Waals surface area contributed by atoms with Crippen molar-refractivity contribution in [2.24, 2.45) is 0 Å². The molecule has 1 saturated heterocycles. The quantitative estimate of drug-likeness (QED) is 0.760. The Kier molecular flexibility index (Phi) is 6.41. The minimum absolute atomic E-state index is 0.0633. The molecule has 0 spiro atoms. The molecule has 6 nitrogen and oxygen atoms in total. The summed E-state index contributed by atoms with van der Waals surface area (Å²) in [5.74, 6) is 0.101. The number of nitrogens with one attached hydrogen (secondary N) is 2. The molecule has 140 valence electrons. The number of ether oxygens (including phenoxy) is 1. The number of aromatic nitrogens is 2. The molecule has 0 saturated carbocycles. The highest BCUT2D eigenvalue weighted by Crippen LogP contribution is 2.25. The van der Waals surface area contributed by atoms with Crippen molar-refractivity contribution in [1.29, 1.82) is 0 Å². The SMILES string of the molecule is CCn1cc([C@@H]2NC(=O)CC[C@H]2N[C@H](COC)Cc2ccccc2)cn1. The van der Waals surface area contributed by atoms with Gasteiger partial charge in [-0.3, -0.25) is 9.48 Å². The Balaban J connectivity index is 1.73. The molecule has 1 aromatic carbocycles. The molecule has 2 heterocycles. The van der Waals surface area contributed by atoms with Gasteiger partial charge in [0.2, 0.25) is 5.91 Å². The Morgan fingerprint density at radius 1 is 1.38 bits per heavy atom. The smallest absolute Gasteiger partial charge is 0.220 e. The predicted molar refractivity (Wildman–Crippen MR) is 101 cm³/mol. The number of nitrogens with zero attached hydrogens (tertiary/aromatic N) is 2. The molecule has 1 aromatic heterocycles. The summed E-state index contributed by atoms with van der Waals surface area (Å²) < 4.78 is 7.33. The fourth-order valence-corrected chi connectivity index (χ4v) is 3.58. The van der Waals surface area contributed by atoms with Crippen LogP contribution in [-0.2, 0) is 22.5 Å². The van der Waals surface area contributed by atoms with Gasteiger partial charge in [0, 0.05) is 43.9 Å². The number of carbonyl (C=O) groups is 1. The van der Waals surface area contributed by atoms with Gasteiger partial charge in [-0.2, -0.15) is 5.10 Å². The standard InChI is InChI=1S/C20H28N4O2/c1-3-24-13-16(12-21-24)20-18(9-10-19(25)23-20)22-17(14-26-2)11-15-7-5-4-6-8-15/h4-8,12-13,17-18,20,22H,3,9-11,14H2,1-2H3,(H,23,25)/t17-,18+,20-/m0/s1. The number of rotatable bonds is 8. The second kappa shape index (κ2) is 8.96. The maximum atomic E-state index is 12.0. The lowest BCUT2D eigenvalue weighted by Crippen LogP contribution is -2.52. The van der Waals surface area contributed by atoms with Crippen molar-refractivity contribution in [1.82, 2.24) is 20.4 Å². The molecular formula is C20H28N4O2. The molecule has 3 rings (SSSR count). The van der Waals surface area contributed by atoms with Crippen LogP contribution in [0.15, 0.2) is 42.7 Å². The summed E-state index contributed by atoms with van der Waals surface area (Å²) in [6, 6.07) is 10.7. The van der Waals surface area contributed by atoms with E-state index in [1.807, 2.05) is 23.1 Å². The molecule has 0 aliphatic carbocycles. The van der Waals surface area contributed by atoms with Crippen molar-refractivity contribution < 1.29 is 9.53 Å². The van der Waals surface area contributed by atoms with Gasteiger partial charge in [-0.05, 0) is 25.3 Å². The zero-order valence-corrected chi connectivity index (χ0v) is 15.5. The van der Waals surface area contributed by atoms with E-state index in [4.69, 9.17) is 4.74 Å². The van der Waals surface area contributed by atoms with Crippen LogP contribution in [0, 0.1) is 0 Å². The summed E-state index contributed by atoms with van der Waals surface area (Å²) in [6.07, 6.45) is 6.12. The van der Waals surface area contributed by atoms with E-state index in [0.29, 0.717) is 13.0 Å². The minimum Gasteiger partial charge on any atom is -0.383 e. The molecule has 0 bridgehead atoms. The fourth-order valence-electron chi connectivity index (χ4n) is 3.58. The Hall–Kier alpha value is -2.18. The van der Waals surface area contributed by atoms with Gasteiger partial charge in [-0.1, -0.05) is 30.3 Å². The first-order valence-corrected chi connectivity index (χ1v) is 9.30. The van der Waals surface area contributed by atoms with Crippen molar-refractivity contribution >= 4 is 5.91 Å². The summed E-state index contributed by atoms with van der Waals surface area (Å²) in [5, 5.41) is 11.2. The van der Waals surface area contributed by atoms with Crippen LogP contribution in [0.3, 0.4) is 0 Å². The fraction of sp³-hybridized carbons (Fsp3) is 0.500. The highest BCUT2D eigenvalue weighted by atomic mass is 16.5. The minimum atomic E-state index is -0.0633. The zero-order chi connectivity index (χ0) is 18.4. The van der Waals surface area contributed by atoms with Gasteiger partial charge < -0.3 is 15.4 Å². The molecule has 26 heavy (non-hydrogen) atoms. The Labute approximate surface area is 154 Å². The lowest BCUT2D eigenvalue weighted by molar-refractivity contribution is -0.124. The molecule has 0 unspecified atom stereocenters. The summed E-state index contributed by atoms with van der Waals surface area (Å²) in [7, 11) is 1.73. The number of amides is 1. The number of carbonyl (C=O) groups excluding carboxylic acids is 1. The molecule has 1 aliphatic heterocycles. The van der Waals surface area contributed by atoms with Gasteiger partial charge in [-0.25, -0.2) is 0 Å². The maximum absolute atomic E-state index is 12.0. The third-order valence-corrected chi connectivity index (χ3v) is 4.88. The number of piperidine rings is 1. The normalized spacial score (nSPS) is 21.4. The van der Waals surface area contributed by atoms with Crippen molar-refractivity contribution in [2.45, 2.75) is 50.9 Å². The topological polar surface area (TPSA) is 68.2 Å². The van der Waals surface area contributed by atoms with Crippen molar-refractivity contribution in [3.63, 3.8) is 0 Å². The van der Waals surface area contributed by atoms with Crippen LogP contribution in [0.4, 0.5) is 0 Å². The molecule has 0 radical (unpaired) electrons. The third kappa shape index (κ3) is 4.71. The lowest BCUT2D eigenvalue weighted by atomic mass is 9.92. The van der Waals surface area contributed by atoms with E-state index >= 15 is 0 Å². The highest BCUT2D eigenvalue weighted by molar-refractivity contribution is 5.77. The monoisotopic (exact) mass is 356 g/mol. The summed E-state index contributed by atoms with van der Waals surface area (Å²) in [4.78, 5) is 12.0. The molecule has 6 heteroatoms. The highest BCUT2D eigenvalue weighted by Gasteiger charge is 2.32. The Bertz CT molecular complexity index is 701. The van der Waals surface area contributed by atoms with Crippen LogP contribution < -0.4 is 10.6 Å². The Morgan fingerprint density at radius 2 is 2.19 bits per heavy atom. The number of hydrogen-bond acceptors (Lipinski definition) is 4. The van der Waals surface area contributed by atoms with Gasteiger partial charge >= 0.3 is 0 Å². The molecular weight excluding hydrogens is 328 g/mol. The summed E-state index contributed by atoms with van der Waals surface area (Å²) in [5.41, 5.74) is 2.32.